The van der Waals surface area contributed by atoms with Gasteiger partial charge in [-0.15, -0.1) is 0 Å². The molecule has 6 nitrogen and oxygen atoms in total. The number of nitrogens with two attached hydrogens (primary N) is 1. The van der Waals surface area contributed by atoms with Crippen molar-refractivity contribution in [2.24, 2.45) is 0 Å². The van der Waals surface area contributed by atoms with E-state index in [1.165, 1.54) is 12.3 Å². The molecule has 2 heterocycles. The van der Waals surface area contributed by atoms with E-state index < -0.39 is 9.84 Å². The second-order valence-corrected chi connectivity index (χ2v) is 7.83. The summed E-state index contributed by atoms with van der Waals surface area (Å²) in [5.41, 5.74) is 9.49. The highest BCUT2D eigenvalue weighted by Crippen LogP contribution is 2.24. The first-order valence-corrected chi connectivity index (χ1v) is 10.1. The third kappa shape index (κ3) is 3.65. The first-order chi connectivity index (χ1) is 12.4. The minimum atomic E-state index is -3.28. The minimum Gasteiger partial charge on any atom is -0.398 e. The summed E-state index contributed by atoms with van der Waals surface area (Å²) in [5.74, 6) is 6.25. The Bertz CT molecular complexity index is 1100. The van der Waals surface area contributed by atoms with Crippen LogP contribution in [-0.4, -0.2) is 30.8 Å². The summed E-state index contributed by atoms with van der Waals surface area (Å²) in [5, 5.41) is 4.17. The predicted octanol–water partition coefficient (Wildman–Crippen LogP) is 2.51. The smallest absolute Gasteiger partial charge is 0.192 e. The second-order valence-electron chi connectivity index (χ2n) is 5.87. The number of pyridine rings is 1. The number of hydrogen-bond acceptors (Lipinski definition) is 5. The van der Waals surface area contributed by atoms with Gasteiger partial charge in [0.05, 0.1) is 29.6 Å². The molecule has 1 aromatic carbocycles. The van der Waals surface area contributed by atoms with Crippen LogP contribution in [0.5, 0.6) is 0 Å². The lowest BCUT2D eigenvalue weighted by atomic mass is 10.2. The van der Waals surface area contributed by atoms with Gasteiger partial charge in [0, 0.05) is 23.9 Å². The van der Waals surface area contributed by atoms with Gasteiger partial charge in [0.15, 0.2) is 14.9 Å². The quantitative estimate of drug-likeness (QED) is 0.545. The third-order valence-corrected chi connectivity index (χ3v) is 5.01. The predicted molar refractivity (Wildman–Crippen MR) is 105 cm³/mol. The highest BCUT2D eigenvalue weighted by molar-refractivity contribution is 7.90. The summed E-state index contributed by atoms with van der Waals surface area (Å²) in [6.07, 6.45) is 2.62. The molecule has 0 atom stereocenters. The summed E-state index contributed by atoms with van der Waals surface area (Å²) >= 11 is 0. The zero-order valence-electron chi connectivity index (χ0n) is 14.7. The molecule has 0 saturated carbocycles. The average Bonchev–Trinajstić information content (AvgIpc) is 2.97. The fraction of sp³-hybridized carbons (Fsp3) is 0.211. The molecule has 7 heteroatoms. The van der Waals surface area contributed by atoms with E-state index in [9.17, 15) is 8.42 Å². The number of nitrogen functional groups attached to an aromatic ring is 1. The molecular formula is C19H20N4O2S. The first kappa shape index (κ1) is 17.8. The molecule has 0 spiro atoms. The van der Waals surface area contributed by atoms with E-state index in [2.05, 4.69) is 33.6 Å². The van der Waals surface area contributed by atoms with Gasteiger partial charge in [0.2, 0.25) is 0 Å². The third-order valence-electron chi connectivity index (χ3n) is 4.01. The number of hydrogen-bond donors (Lipinski definition) is 2. The molecule has 0 bridgehead atoms. The maximum atomic E-state index is 11.4. The summed E-state index contributed by atoms with van der Waals surface area (Å²) < 4.78 is 24.9. The Morgan fingerprint density at radius 3 is 2.73 bits per heavy atom. The molecule has 3 aromatic rings. The highest BCUT2D eigenvalue weighted by atomic mass is 32.2. The van der Waals surface area contributed by atoms with Crippen molar-refractivity contribution in [3.05, 3.63) is 48.3 Å². The van der Waals surface area contributed by atoms with Gasteiger partial charge in [-0.1, -0.05) is 12.0 Å². The minimum absolute atomic E-state index is 0.0548. The van der Waals surface area contributed by atoms with E-state index in [1.54, 1.807) is 6.07 Å². The summed E-state index contributed by atoms with van der Waals surface area (Å²) in [6, 6.07) is 11.0. The van der Waals surface area contributed by atoms with Gasteiger partial charge in [0.25, 0.3) is 0 Å². The van der Waals surface area contributed by atoms with Crippen molar-refractivity contribution in [3.63, 3.8) is 0 Å². The van der Waals surface area contributed by atoms with E-state index >= 15 is 0 Å². The number of aromatic nitrogens is 2. The van der Waals surface area contributed by atoms with Gasteiger partial charge < -0.3 is 15.6 Å². The average molecular weight is 368 g/mol. The van der Waals surface area contributed by atoms with Crippen LogP contribution in [0.2, 0.25) is 0 Å². The van der Waals surface area contributed by atoms with Crippen LogP contribution in [0.1, 0.15) is 12.6 Å². The second kappa shape index (κ2) is 7.10. The van der Waals surface area contributed by atoms with Crippen LogP contribution in [0.4, 0.5) is 11.4 Å². The molecule has 0 fully saturated rings. The molecule has 0 radical (unpaired) electrons. The van der Waals surface area contributed by atoms with E-state index in [-0.39, 0.29) is 5.03 Å². The van der Waals surface area contributed by atoms with Gasteiger partial charge in [0.1, 0.15) is 0 Å². The zero-order chi connectivity index (χ0) is 18.7. The van der Waals surface area contributed by atoms with Crippen molar-refractivity contribution in [1.82, 2.24) is 9.55 Å². The Balaban J connectivity index is 1.75. The molecule has 26 heavy (non-hydrogen) atoms. The van der Waals surface area contributed by atoms with Gasteiger partial charge in [-0.3, -0.25) is 0 Å². The molecule has 3 N–H and O–H groups in total. The first-order valence-electron chi connectivity index (χ1n) is 8.16. The lowest BCUT2D eigenvalue weighted by Crippen LogP contribution is -2.03. The maximum absolute atomic E-state index is 11.4. The van der Waals surface area contributed by atoms with Gasteiger partial charge in [-0.05, 0) is 43.2 Å². The Kier molecular flexibility index (Phi) is 4.87. The zero-order valence-corrected chi connectivity index (χ0v) is 15.5. The number of fused-ring (bicyclic) bond motifs is 1. The van der Waals surface area contributed by atoms with Crippen LogP contribution in [0.3, 0.4) is 0 Å². The SMILES string of the molecule is CCn1c(C#CCNc2ccc(S(C)(=O)=O)nc2)cc2c(N)cccc21. The molecule has 0 aliphatic rings. The van der Waals surface area contributed by atoms with E-state index in [0.717, 1.165) is 35.1 Å². The normalized spacial score (nSPS) is 11.2. The Labute approximate surface area is 153 Å². The largest absolute Gasteiger partial charge is 0.398 e. The maximum Gasteiger partial charge on any atom is 0.192 e. The number of nitrogens with zero attached hydrogens (tertiary/aromatic N) is 2. The fourth-order valence-electron chi connectivity index (χ4n) is 2.74. The van der Waals surface area contributed by atoms with Crippen LogP contribution in [-0.2, 0) is 16.4 Å². The molecule has 0 aliphatic heterocycles. The fourth-order valence-corrected chi connectivity index (χ4v) is 3.30. The number of aryl methyl sites for hydroxylation is 1. The summed E-state index contributed by atoms with van der Waals surface area (Å²) in [4.78, 5) is 3.94. The van der Waals surface area contributed by atoms with Crippen molar-refractivity contribution in [3.8, 4) is 11.8 Å². The Morgan fingerprint density at radius 1 is 1.27 bits per heavy atom. The van der Waals surface area contributed by atoms with Crippen LogP contribution in [0.15, 0.2) is 47.6 Å². The molecule has 0 saturated heterocycles. The molecular weight excluding hydrogens is 348 g/mol. The molecule has 0 amide bonds. The van der Waals surface area contributed by atoms with Crippen molar-refractivity contribution in [1.29, 1.82) is 0 Å². The van der Waals surface area contributed by atoms with Crippen LogP contribution in [0.25, 0.3) is 10.9 Å². The molecule has 3 rings (SSSR count). The van der Waals surface area contributed by atoms with Gasteiger partial charge in [-0.25, -0.2) is 13.4 Å². The number of nitrogens with one attached hydrogen (secondary N) is 1. The lowest BCUT2D eigenvalue weighted by Gasteiger charge is -2.04. The number of rotatable bonds is 4. The van der Waals surface area contributed by atoms with E-state index in [1.807, 2.05) is 24.3 Å². The van der Waals surface area contributed by atoms with Crippen molar-refractivity contribution >= 4 is 32.1 Å². The Morgan fingerprint density at radius 2 is 2.08 bits per heavy atom. The van der Waals surface area contributed by atoms with Crippen molar-refractivity contribution < 1.29 is 8.42 Å². The van der Waals surface area contributed by atoms with Crippen molar-refractivity contribution in [2.75, 3.05) is 23.9 Å². The standard InChI is InChI=1S/C19H20N4O2S/c1-3-23-15(12-16-17(20)7-4-8-18(16)23)6-5-11-21-14-9-10-19(22-13-14)26(2,24)25/h4,7-10,12-13,21H,3,11,20H2,1-2H3. The van der Waals surface area contributed by atoms with Crippen molar-refractivity contribution in [2.45, 2.75) is 18.5 Å². The number of anilines is 2. The molecule has 134 valence electrons. The lowest BCUT2D eigenvalue weighted by molar-refractivity contribution is 0.598. The van der Waals surface area contributed by atoms with Gasteiger partial charge >= 0.3 is 0 Å². The van der Waals surface area contributed by atoms with Crippen LogP contribution in [0, 0.1) is 11.8 Å². The highest BCUT2D eigenvalue weighted by Gasteiger charge is 2.08. The van der Waals surface area contributed by atoms with Gasteiger partial charge in [-0.2, -0.15) is 0 Å². The molecule has 2 aromatic heterocycles. The van der Waals surface area contributed by atoms with E-state index in [4.69, 9.17) is 5.73 Å². The summed E-state index contributed by atoms with van der Waals surface area (Å²) in [7, 11) is -3.28. The molecule has 0 aliphatic carbocycles. The monoisotopic (exact) mass is 368 g/mol. The Hall–Kier alpha value is -2.98. The van der Waals surface area contributed by atoms with E-state index in [0.29, 0.717) is 12.2 Å². The molecule has 0 unspecified atom stereocenters. The summed E-state index contributed by atoms with van der Waals surface area (Å²) in [6.45, 7) is 3.29. The van der Waals surface area contributed by atoms with Crippen LogP contribution < -0.4 is 11.1 Å². The number of benzene rings is 1. The topological polar surface area (TPSA) is 90.0 Å². The number of sulfone groups is 1. The van der Waals surface area contributed by atoms with Crippen LogP contribution >= 0.6 is 0 Å².